The van der Waals surface area contributed by atoms with Gasteiger partial charge in [-0.2, -0.15) is 0 Å². The molecule has 0 unspecified atom stereocenters. The van der Waals surface area contributed by atoms with Crippen LogP contribution in [-0.4, -0.2) is 18.5 Å². The molecule has 0 N–H and O–H groups in total. The Morgan fingerprint density at radius 3 is 2.28 bits per heavy atom. The molecule has 0 fully saturated rings. The van der Waals surface area contributed by atoms with Crippen molar-refractivity contribution in [2.24, 2.45) is 0 Å². The van der Waals surface area contributed by atoms with Gasteiger partial charge in [-0.05, 0) is 6.07 Å². The Morgan fingerprint density at radius 2 is 1.67 bits per heavy atom. The molecule has 0 amide bonds. The maximum absolute atomic E-state index is 11.2. The molecule has 4 nitrogen and oxygen atoms in total. The van der Waals surface area contributed by atoms with Crippen LogP contribution in [0.4, 0.5) is 0 Å². The molecule has 18 heavy (non-hydrogen) atoms. The van der Waals surface area contributed by atoms with Crippen molar-refractivity contribution in [3.8, 4) is 5.75 Å². The summed E-state index contributed by atoms with van der Waals surface area (Å²) in [6.07, 6.45) is 0.110. The van der Waals surface area contributed by atoms with E-state index in [0.29, 0.717) is 0 Å². The lowest BCUT2D eigenvalue weighted by atomic mass is 10.3. The first-order valence-corrected chi connectivity index (χ1v) is 6.08. The number of hydrogen-bond acceptors (Lipinski definition) is 4. The maximum atomic E-state index is 11.2. The van der Waals surface area contributed by atoms with E-state index in [4.69, 9.17) is 39.5 Å². The molecule has 0 aliphatic heterocycles. The van der Waals surface area contributed by atoms with Crippen LogP contribution in [0.3, 0.4) is 0 Å². The van der Waals surface area contributed by atoms with Crippen LogP contribution in [0.15, 0.2) is 12.1 Å². The minimum atomic E-state index is -0.802. The van der Waals surface area contributed by atoms with Crippen LogP contribution in [-0.2, 0) is 14.3 Å². The largest absolute Gasteiger partial charge is 0.480 e. The standard InChI is InChI=1S/C11H9Cl3O4/c1-2-10(15)18-11(16)5-17-9-4-7(13)6(12)3-8(9)14/h3-4H,2,5H2,1H3. The summed E-state index contributed by atoms with van der Waals surface area (Å²) in [5.74, 6) is -1.24. The quantitative estimate of drug-likeness (QED) is 0.485. The highest BCUT2D eigenvalue weighted by Gasteiger charge is 2.12. The number of halogens is 3. The van der Waals surface area contributed by atoms with E-state index in [1.165, 1.54) is 12.1 Å². The minimum absolute atomic E-state index is 0.110. The number of rotatable bonds is 4. The van der Waals surface area contributed by atoms with Crippen molar-refractivity contribution >= 4 is 46.7 Å². The number of carbonyl (C=O) groups excluding carboxylic acids is 2. The van der Waals surface area contributed by atoms with E-state index >= 15 is 0 Å². The summed E-state index contributed by atoms with van der Waals surface area (Å²) < 4.78 is 9.49. The first-order valence-electron chi connectivity index (χ1n) is 4.95. The van der Waals surface area contributed by atoms with Gasteiger partial charge in [0.1, 0.15) is 5.75 Å². The van der Waals surface area contributed by atoms with Crippen molar-refractivity contribution in [1.82, 2.24) is 0 Å². The molecule has 0 saturated heterocycles. The molecule has 0 aliphatic carbocycles. The number of carbonyl (C=O) groups is 2. The minimum Gasteiger partial charge on any atom is -0.480 e. The molecule has 0 saturated carbocycles. The van der Waals surface area contributed by atoms with Crippen LogP contribution in [0.25, 0.3) is 0 Å². The Hall–Kier alpha value is -0.970. The number of esters is 2. The van der Waals surface area contributed by atoms with E-state index in [2.05, 4.69) is 4.74 Å². The predicted octanol–water partition coefficient (Wildman–Crippen LogP) is 3.51. The van der Waals surface area contributed by atoms with Gasteiger partial charge in [-0.1, -0.05) is 41.7 Å². The Labute approximate surface area is 119 Å². The molecule has 0 heterocycles. The molecule has 0 aliphatic rings. The maximum Gasteiger partial charge on any atom is 0.351 e. The molecule has 98 valence electrons. The molecule has 0 aromatic heterocycles. The topological polar surface area (TPSA) is 52.6 Å². The number of hydrogen-bond donors (Lipinski definition) is 0. The summed E-state index contributed by atoms with van der Waals surface area (Å²) in [6, 6.07) is 2.77. The van der Waals surface area contributed by atoms with Crippen LogP contribution in [0.2, 0.25) is 15.1 Å². The highest BCUT2D eigenvalue weighted by molar-refractivity contribution is 6.43. The molecule has 1 aromatic carbocycles. The Kier molecular flexibility index (Phi) is 5.72. The first-order chi connectivity index (χ1) is 8.43. The zero-order valence-electron chi connectivity index (χ0n) is 9.34. The third-order valence-electron chi connectivity index (χ3n) is 1.84. The van der Waals surface area contributed by atoms with Crippen LogP contribution in [0, 0.1) is 0 Å². The van der Waals surface area contributed by atoms with Gasteiger partial charge in [-0.15, -0.1) is 0 Å². The fourth-order valence-corrected chi connectivity index (χ4v) is 1.57. The Balaban J connectivity index is 2.61. The second kappa shape index (κ2) is 6.83. The fraction of sp³-hybridized carbons (Fsp3) is 0.273. The van der Waals surface area contributed by atoms with Crippen LogP contribution >= 0.6 is 34.8 Å². The van der Waals surface area contributed by atoms with E-state index in [1.54, 1.807) is 6.92 Å². The van der Waals surface area contributed by atoms with Gasteiger partial charge in [0, 0.05) is 12.5 Å². The lowest BCUT2D eigenvalue weighted by Gasteiger charge is -2.08. The van der Waals surface area contributed by atoms with Crippen LogP contribution in [0.5, 0.6) is 5.75 Å². The van der Waals surface area contributed by atoms with Gasteiger partial charge in [-0.3, -0.25) is 4.79 Å². The molecule has 7 heteroatoms. The number of ether oxygens (including phenoxy) is 2. The van der Waals surface area contributed by atoms with Crippen molar-refractivity contribution in [1.29, 1.82) is 0 Å². The van der Waals surface area contributed by atoms with Crippen molar-refractivity contribution in [2.75, 3.05) is 6.61 Å². The molecule has 1 aromatic rings. The lowest BCUT2D eigenvalue weighted by Crippen LogP contribution is -2.18. The van der Waals surface area contributed by atoms with Gasteiger partial charge < -0.3 is 9.47 Å². The van der Waals surface area contributed by atoms with Crippen LogP contribution in [0.1, 0.15) is 13.3 Å². The lowest BCUT2D eigenvalue weighted by molar-refractivity contribution is -0.160. The molecule has 0 radical (unpaired) electrons. The summed E-state index contributed by atoms with van der Waals surface area (Å²) in [7, 11) is 0. The SMILES string of the molecule is CCC(=O)OC(=O)COc1cc(Cl)c(Cl)cc1Cl. The zero-order valence-corrected chi connectivity index (χ0v) is 11.6. The van der Waals surface area contributed by atoms with Crippen molar-refractivity contribution in [2.45, 2.75) is 13.3 Å². The Morgan fingerprint density at radius 1 is 1.06 bits per heavy atom. The van der Waals surface area contributed by atoms with Gasteiger partial charge in [0.05, 0.1) is 15.1 Å². The molecule has 0 bridgehead atoms. The van der Waals surface area contributed by atoms with Gasteiger partial charge in [0.2, 0.25) is 0 Å². The first kappa shape index (κ1) is 15.1. The van der Waals surface area contributed by atoms with E-state index in [1.807, 2.05) is 0 Å². The monoisotopic (exact) mass is 310 g/mol. The average molecular weight is 312 g/mol. The predicted molar refractivity (Wildman–Crippen MR) is 68.4 cm³/mol. The number of benzene rings is 1. The molecular formula is C11H9Cl3O4. The second-order valence-electron chi connectivity index (χ2n) is 3.19. The van der Waals surface area contributed by atoms with Crippen molar-refractivity contribution in [3.05, 3.63) is 27.2 Å². The molecule has 1 rings (SSSR count). The van der Waals surface area contributed by atoms with Crippen molar-refractivity contribution in [3.63, 3.8) is 0 Å². The third kappa shape index (κ3) is 4.37. The van der Waals surface area contributed by atoms with E-state index < -0.39 is 18.5 Å². The van der Waals surface area contributed by atoms with Crippen molar-refractivity contribution < 1.29 is 19.1 Å². The van der Waals surface area contributed by atoms with Crippen LogP contribution < -0.4 is 4.74 Å². The summed E-state index contributed by atoms with van der Waals surface area (Å²) in [5.41, 5.74) is 0. The van der Waals surface area contributed by atoms with Gasteiger partial charge in [0.25, 0.3) is 0 Å². The summed E-state index contributed by atoms with van der Waals surface area (Å²) in [4.78, 5) is 22.0. The van der Waals surface area contributed by atoms with Gasteiger partial charge >= 0.3 is 11.9 Å². The normalized spacial score (nSPS) is 10.0. The highest BCUT2D eigenvalue weighted by atomic mass is 35.5. The van der Waals surface area contributed by atoms with Gasteiger partial charge in [0.15, 0.2) is 6.61 Å². The fourth-order valence-electron chi connectivity index (χ4n) is 0.980. The zero-order chi connectivity index (χ0) is 13.7. The van der Waals surface area contributed by atoms with E-state index in [0.717, 1.165) is 0 Å². The van der Waals surface area contributed by atoms with E-state index in [9.17, 15) is 9.59 Å². The average Bonchev–Trinajstić information content (AvgIpc) is 2.32. The third-order valence-corrected chi connectivity index (χ3v) is 2.85. The smallest absolute Gasteiger partial charge is 0.351 e. The molecular weight excluding hydrogens is 302 g/mol. The Bertz CT molecular complexity index is 474. The molecule has 0 spiro atoms. The molecule has 0 atom stereocenters. The highest BCUT2D eigenvalue weighted by Crippen LogP contribution is 2.33. The summed E-state index contributed by atoms with van der Waals surface area (Å²) in [6.45, 7) is 1.13. The van der Waals surface area contributed by atoms with Gasteiger partial charge in [-0.25, -0.2) is 4.79 Å². The second-order valence-corrected chi connectivity index (χ2v) is 4.41. The summed E-state index contributed by atoms with van der Waals surface area (Å²) >= 11 is 17.3. The van der Waals surface area contributed by atoms with E-state index in [-0.39, 0.29) is 27.2 Å². The summed E-state index contributed by atoms with van der Waals surface area (Å²) in [5, 5.41) is 0.728.